The van der Waals surface area contributed by atoms with E-state index in [0.29, 0.717) is 5.69 Å². The highest BCUT2D eigenvalue weighted by atomic mass is 19.1. The number of methoxy groups -OCH3 is 1. The number of benzene rings is 1. The van der Waals surface area contributed by atoms with Gasteiger partial charge in [-0.05, 0) is 25.1 Å². The van der Waals surface area contributed by atoms with Gasteiger partial charge in [-0.1, -0.05) is 0 Å². The van der Waals surface area contributed by atoms with Gasteiger partial charge in [-0.15, -0.1) is 0 Å². The average molecular weight is 240 g/mol. The highest BCUT2D eigenvalue weighted by Crippen LogP contribution is 2.15. The fraction of sp³-hybridized carbons (Fsp3) is 0.273. The number of nitrogens with two attached hydrogens (primary N) is 1. The Kier molecular flexibility index (Phi) is 4.03. The van der Waals surface area contributed by atoms with E-state index in [-0.39, 0.29) is 5.56 Å². The van der Waals surface area contributed by atoms with E-state index in [4.69, 9.17) is 5.73 Å². The highest BCUT2D eigenvalue weighted by Gasteiger charge is 2.14. The van der Waals surface area contributed by atoms with Crippen LogP contribution in [0.2, 0.25) is 0 Å². The molecule has 0 aromatic heterocycles. The van der Waals surface area contributed by atoms with Crippen LogP contribution >= 0.6 is 0 Å². The molecule has 92 valence electrons. The highest BCUT2D eigenvalue weighted by molar-refractivity contribution is 5.94. The van der Waals surface area contributed by atoms with Gasteiger partial charge in [0.15, 0.2) is 0 Å². The smallest absolute Gasteiger partial charge is 0.327 e. The zero-order valence-electron chi connectivity index (χ0n) is 9.49. The number of primary amides is 1. The summed E-state index contributed by atoms with van der Waals surface area (Å²) < 4.78 is 17.7. The number of nitrogens with one attached hydrogen (secondary N) is 1. The monoisotopic (exact) mass is 240 g/mol. The Morgan fingerprint density at radius 3 is 2.65 bits per heavy atom. The molecule has 0 aliphatic heterocycles. The Morgan fingerprint density at radius 2 is 2.12 bits per heavy atom. The predicted octanol–water partition coefficient (Wildman–Crippen LogP) is 0.898. The second kappa shape index (κ2) is 5.29. The molecule has 1 unspecified atom stereocenters. The summed E-state index contributed by atoms with van der Waals surface area (Å²) in [5.74, 6) is -2.03. The predicted molar refractivity (Wildman–Crippen MR) is 60.0 cm³/mol. The van der Waals surface area contributed by atoms with E-state index >= 15 is 0 Å². The van der Waals surface area contributed by atoms with Crippen LogP contribution in [-0.4, -0.2) is 25.0 Å². The average Bonchev–Trinajstić information content (AvgIpc) is 2.30. The fourth-order valence-electron chi connectivity index (χ4n) is 1.29. The molecule has 1 atom stereocenters. The Bertz CT molecular complexity index is 448. The molecule has 0 bridgehead atoms. The van der Waals surface area contributed by atoms with E-state index in [2.05, 4.69) is 10.1 Å². The maximum absolute atomic E-state index is 13.2. The molecular weight excluding hydrogens is 227 g/mol. The maximum atomic E-state index is 13.2. The Labute approximate surface area is 97.7 Å². The van der Waals surface area contributed by atoms with E-state index in [0.717, 1.165) is 6.07 Å². The molecule has 0 fully saturated rings. The van der Waals surface area contributed by atoms with Crippen LogP contribution in [0.25, 0.3) is 0 Å². The Balaban J connectivity index is 2.90. The number of anilines is 1. The normalized spacial score (nSPS) is 11.7. The molecule has 6 heteroatoms. The number of hydrogen-bond acceptors (Lipinski definition) is 4. The first kappa shape index (κ1) is 13.0. The van der Waals surface area contributed by atoms with Crippen molar-refractivity contribution in [3.05, 3.63) is 29.6 Å². The van der Waals surface area contributed by atoms with Gasteiger partial charge < -0.3 is 15.8 Å². The van der Waals surface area contributed by atoms with Gasteiger partial charge in [0.05, 0.1) is 12.7 Å². The van der Waals surface area contributed by atoms with Crippen molar-refractivity contribution in [2.24, 2.45) is 5.73 Å². The lowest BCUT2D eigenvalue weighted by Gasteiger charge is -2.13. The molecule has 3 N–H and O–H groups in total. The lowest BCUT2D eigenvalue weighted by Crippen LogP contribution is -2.27. The van der Waals surface area contributed by atoms with E-state index < -0.39 is 23.7 Å². The largest absolute Gasteiger partial charge is 0.467 e. The van der Waals surface area contributed by atoms with Gasteiger partial charge in [-0.3, -0.25) is 4.79 Å². The zero-order chi connectivity index (χ0) is 13.0. The van der Waals surface area contributed by atoms with Crippen LogP contribution in [0.5, 0.6) is 0 Å². The molecule has 0 aliphatic rings. The van der Waals surface area contributed by atoms with Crippen molar-refractivity contribution in [1.29, 1.82) is 0 Å². The molecule has 1 aromatic carbocycles. The quantitative estimate of drug-likeness (QED) is 0.766. The van der Waals surface area contributed by atoms with Crippen molar-refractivity contribution in [2.45, 2.75) is 13.0 Å². The van der Waals surface area contributed by atoms with Crippen LogP contribution in [-0.2, 0) is 9.53 Å². The van der Waals surface area contributed by atoms with Crippen molar-refractivity contribution in [1.82, 2.24) is 0 Å². The number of carbonyl (C=O) groups is 2. The minimum Gasteiger partial charge on any atom is -0.467 e. The maximum Gasteiger partial charge on any atom is 0.327 e. The van der Waals surface area contributed by atoms with Crippen molar-refractivity contribution in [3.63, 3.8) is 0 Å². The summed E-state index contributed by atoms with van der Waals surface area (Å²) in [6.07, 6.45) is 0. The fourth-order valence-corrected chi connectivity index (χ4v) is 1.29. The van der Waals surface area contributed by atoms with Gasteiger partial charge >= 0.3 is 5.97 Å². The first-order chi connectivity index (χ1) is 7.95. The van der Waals surface area contributed by atoms with Crippen molar-refractivity contribution in [2.75, 3.05) is 12.4 Å². The van der Waals surface area contributed by atoms with Gasteiger partial charge in [0.25, 0.3) is 5.91 Å². The molecule has 0 saturated carbocycles. The number of halogens is 1. The summed E-state index contributed by atoms with van der Waals surface area (Å²) >= 11 is 0. The van der Waals surface area contributed by atoms with Crippen molar-refractivity contribution < 1.29 is 18.7 Å². The topological polar surface area (TPSA) is 81.4 Å². The third-order valence-electron chi connectivity index (χ3n) is 2.17. The lowest BCUT2D eigenvalue weighted by atomic mass is 10.1. The van der Waals surface area contributed by atoms with Gasteiger partial charge in [0.2, 0.25) is 0 Å². The molecule has 0 aliphatic carbocycles. The lowest BCUT2D eigenvalue weighted by molar-refractivity contribution is -0.141. The minimum absolute atomic E-state index is 0.230. The van der Waals surface area contributed by atoms with E-state index in [1.54, 1.807) is 6.92 Å². The summed E-state index contributed by atoms with van der Waals surface area (Å²) in [5, 5.41) is 2.77. The molecule has 1 amide bonds. The Morgan fingerprint density at radius 1 is 1.47 bits per heavy atom. The van der Waals surface area contributed by atoms with Gasteiger partial charge in [-0.2, -0.15) is 0 Å². The summed E-state index contributed by atoms with van der Waals surface area (Å²) in [6, 6.07) is 3.15. The number of amides is 1. The van der Waals surface area contributed by atoms with Gasteiger partial charge in [-0.25, -0.2) is 9.18 Å². The molecule has 5 nitrogen and oxygen atoms in total. The molecule has 0 saturated heterocycles. The van der Waals surface area contributed by atoms with Crippen molar-refractivity contribution in [3.8, 4) is 0 Å². The van der Waals surface area contributed by atoms with Crippen molar-refractivity contribution >= 4 is 17.6 Å². The van der Waals surface area contributed by atoms with Crippen LogP contribution in [0.3, 0.4) is 0 Å². The van der Waals surface area contributed by atoms with E-state index in [1.165, 1.54) is 19.2 Å². The summed E-state index contributed by atoms with van der Waals surface area (Å²) in [6.45, 7) is 1.58. The second-order valence-corrected chi connectivity index (χ2v) is 3.45. The van der Waals surface area contributed by atoms with Gasteiger partial charge in [0, 0.05) is 5.69 Å². The summed E-state index contributed by atoms with van der Waals surface area (Å²) in [5.41, 5.74) is 5.19. The number of hydrogen-bond donors (Lipinski definition) is 2. The van der Waals surface area contributed by atoms with E-state index in [9.17, 15) is 14.0 Å². The second-order valence-electron chi connectivity index (χ2n) is 3.45. The SMILES string of the molecule is COC(=O)C(C)Nc1ccc(F)c(C(N)=O)c1. The van der Waals surface area contributed by atoms with Crippen LogP contribution in [0.4, 0.5) is 10.1 Å². The zero-order valence-corrected chi connectivity index (χ0v) is 9.49. The van der Waals surface area contributed by atoms with Crippen LogP contribution in [0.1, 0.15) is 17.3 Å². The first-order valence-electron chi connectivity index (χ1n) is 4.89. The molecule has 17 heavy (non-hydrogen) atoms. The summed E-state index contributed by atoms with van der Waals surface area (Å²) in [7, 11) is 1.26. The molecule has 1 rings (SSSR count). The number of ether oxygens (including phenoxy) is 1. The van der Waals surface area contributed by atoms with Crippen LogP contribution in [0, 0.1) is 5.82 Å². The molecule has 1 aromatic rings. The third-order valence-corrected chi connectivity index (χ3v) is 2.17. The number of rotatable bonds is 4. The number of carbonyl (C=O) groups excluding carboxylic acids is 2. The molecule has 0 spiro atoms. The first-order valence-corrected chi connectivity index (χ1v) is 4.89. The molecule has 0 heterocycles. The molecule has 0 radical (unpaired) electrons. The standard InChI is InChI=1S/C11H13FN2O3/c1-6(11(16)17-2)14-7-3-4-9(12)8(5-7)10(13)15/h3-6,14H,1-2H3,(H2,13,15). The van der Waals surface area contributed by atoms with E-state index in [1.807, 2.05) is 0 Å². The Hall–Kier alpha value is -2.11. The summed E-state index contributed by atoms with van der Waals surface area (Å²) in [4.78, 5) is 22.1. The van der Waals surface area contributed by atoms with Crippen LogP contribution in [0.15, 0.2) is 18.2 Å². The van der Waals surface area contributed by atoms with Gasteiger partial charge in [0.1, 0.15) is 11.9 Å². The van der Waals surface area contributed by atoms with Crippen LogP contribution < -0.4 is 11.1 Å². The minimum atomic E-state index is -0.864. The molecular formula is C11H13FN2O3. The number of esters is 1. The third kappa shape index (κ3) is 3.17.